The number of carbonyl (C=O) groups excluding carboxylic acids is 1. The third-order valence-corrected chi connectivity index (χ3v) is 4.84. The van der Waals surface area contributed by atoms with Crippen LogP contribution in [0.3, 0.4) is 0 Å². The number of hydrogen-bond donors (Lipinski definition) is 1. The zero-order chi connectivity index (χ0) is 15.0. The lowest BCUT2D eigenvalue weighted by molar-refractivity contribution is -0.141. The molecular weight excluding hydrogens is 338 g/mol. The van der Waals surface area contributed by atoms with Crippen molar-refractivity contribution in [1.82, 2.24) is 9.78 Å². The van der Waals surface area contributed by atoms with E-state index in [1.807, 2.05) is 0 Å². The first-order chi connectivity index (χ1) is 10.1. The van der Waals surface area contributed by atoms with Crippen LogP contribution in [0.25, 0.3) is 0 Å². The maximum atomic E-state index is 12.2. The van der Waals surface area contributed by atoms with E-state index < -0.39 is 5.97 Å². The molecule has 1 aromatic rings. The quantitative estimate of drug-likeness (QED) is 0.787. The fourth-order valence-electron chi connectivity index (χ4n) is 2.58. The normalized spacial score (nSPS) is 17.9. The Morgan fingerprint density at radius 1 is 1.48 bits per heavy atom. The molecule has 6 nitrogen and oxygen atoms in total. The summed E-state index contributed by atoms with van der Waals surface area (Å²) >= 11 is 3.32. The Morgan fingerprint density at radius 3 is 2.62 bits per heavy atom. The van der Waals surface area contributed by atoms with Crippen LogP contribution in [-0.2, 0) is 16.1 Å². The zero-order valence-corrected chi connectivity index (χ0v) is 13.4. The number of aromatic nitrogens is 2. The van der Waals surface area contributed by atoms with E-state index in [1.54, 1.807) is 6.20 Å². The summed E-state index contributed by atoms with van der Waals surface area (Å²) in [5, 5.41) is 7.52. The molecule has 0 unspecified atom stereocenters. The first-order valence-corrected chi connectivity index (χ1v) is 7.98. The SMILES string of the molecule is COC(=O)Cn1ncc(NC(C2CC2)C2CC2)c(Br)c1=O. The van der Waals surface area contributed by atoms with E-state index in [1.165, 1.54) is 32.8 Å². The molecule has 2 aliphatic carbocycles. The van der Waals surface area contributed by atoms with Crippen molar-refractivity contribution in [3.8, 4) is 0 Å². The summed E-state index contributed by atoms with van der Waals surface area (Å²) in [5.74, 6) is 0.954. The van der Waals surface area contributed by atoms with Gasteiger partial charge in [-0.05, 0) is 53.4 Å². The number of nitrogens with one attached hydrogen (secondary N) is 1. The molecule has 2 aliphatic rings. The molecule has 0 atom stereocenters. The van der Waals surface area contributed by atoms with E-state index >= 15 is 0 Å². The van der Waals surface area contributed by atoms with Gasteiger partial charge in [0.2, 0.25) is 0 Å². The number of methoxy groups -OCH3 is 1. The van der Waals surface area contributed by atoms with Crippen LogP contribution in [0.5, 0.6) is 0 Å². The van der Waals surface area contributed by atoms with E-state index in [0.29, 0.717) is 16.2 Å². The van der Waals surface area contributed by atoms with Gasteiger partial charge in [-0.2, -0.15) is 5.10 Å². The molecule has 1 heterocycles. The Balaban J connectivity index is 1.78. The van der Waals surface area contributed by atoms with Gasteiger partial charge in [0.1, 0.15) is 11.0 Å². The lowest BCUT2D eigenvalue weighted by atomic mass is 10.1. The summed E-state index contributed by atoms with van der Waals surface area (Å²) in [6.45, 7) is -0.178. The van der Waals surface area contributed by atoms with Crippen LogP contribution in [0.1, 0.15) is 25.7 Å². The van der Waals surface area contributed by atoms with Crippen molar-refractivity contribution in [2.45, 2.75) is 38.3 Å². The highest BCUT2D eigenvalue weighted by Gasteiger charge is 2.41. The largest absolute Gasteiger partial charge is 0.468 e. The second kappa shape index (κ2) is 5.79. The lowest BCUT2D eigenvalue weighted by Crippen LogP contribution is -2.30. The highest BCUT2D eigenvalue weighted by atomic mass is 79.9. The van der Waals surface area contributed by atoms with Gasteiger partial charge in [0, 0.05) is 6.04 Å². The monoisotopic (exact) mass is 355 g/mol. The zero-order valence-electron chi connectivity index (χ0n) is 11.8. The summed E-state index contributed by atoms with van der Waals surface area (Å²) in [4.78, 5) is 23.4. The van der Waals surface area contributed by atoms with Crippen molar-refractivity contribution >= 4 is 27.6 Å². The highest BCUT2D eigenvalue weighted by molar-refractivity contribution is 9.10. The summed E-state index contributed by atoms with van der Waals surface area (Å²) in [7, 11) is 1.29. The predicted molar refractivity (Wildman–Crippen MR) is 81.1 cm³/mol. The van der Waals surface area contributed by atoms with Gasteiger partial charge in [-0.1, -0.05) is 0 Å². The van der Waals surface area contributed by atoms with Gasteiger partial charge in [0.05, 0.1) is 19.0 Å². The molecule has 3 rings (SSSR count). The number of halogens is 1. The number of anilines is 1. The van der Waals surface area contributed by atoms with Crippen LogP contribution in [0.15, 0.2) is 15.5 Å². The molecule has 0 saturated heterocycles. The number of nitrogens with zero attached hydrogens (tertiary/aromatic N) is 2. The van der Waals surface area contributed by atoms with Gasteiger partial charge < -0.3 is 10.1 Å². The molecule has 0 radical (unpaired) electrons. The van der Waals surface area contributed by atoms with Crippen LogP contribution in [0, 0.1) is 11.8 Å². The maximum Gasteiger partial charge on any atom is 0.327 e. The number of hydrogen-bond acceptors (Lipinski definition) is 5. The summed E-state index contributed by atoms with van der Waals surface area (Å²) < 4.78 is 6.08. The third kappa shape index (κ3) is 3.28. The lowest BCUT2D eigenvalue weighted by Gasteiger charge is -2.19. The number of rotatable bonds is 6. The number of ether oxygens (including phenoxy) is 1. The van der Waals surface area contributed by atoms with Crippen molar-refractivity contribution in [2.75, 3.05) is 12.4 Å². The smallest absolute Gasteiger partial charge is 0.327 e. The molecule has 0 spiro atoms. The topological polar surface area (TPSA) is 73.2 Å². The predicted octanol–water partition coefficient (Wildman–Crippen LogP) is 1.78. The van der Waals surface area contributed by atoms with Crippen LogP contribution < -0.4 is 10.9 Å². The highest BCUT2D eigenvalue weighted by Crippen LogP contribution is 2.46. The van der Waals surface area contributed by atoms with Gasteiger partial charge in [0.15, 0.2) is 0 Å². The molecule has 114 valence electrons. The van der Waals surface area contributed by atoms with Crippen LogP contribution in [0.2, 0.25) is 0 Å². The molecule has 2 saturated carbocycles. The van der Waals surface area contributed by atoms with E-state index in [0.717, 1.165) is 16.5 Å². The fraction of sp³-hybridized carbons (Fsp3) is 0.643. The average Bonchev–Trinajstić information content (AvgIpc) is 3.35. The van der Waals surface area contributed by atoms with E-state index in [-0.39, 0.29) is 12.1 Å². The first-order valence-electron chi connectivity index (χ1n) is 7.19. The van der Waals surface area contributed by atoms with Gasteiger partial charge in [-0.15, -0.1) is 0 Å². The number of carbonyl (C=O) groups is 1. The molecular formula is C14H18BrN3O3. The third-order valence-electron chi connectivity index (χ3n) is 4.07. The molecule has 2 fully saturated rings. The van der Waals surface area contributed by atoms with E-state index in [4.69, 9.17) is 0 Å². The summed E-state index contributed by atoms with van der Waals surface area (Å²) in [6.07, 6.45) is 6.65. The van der Waals surface area contributed by atoms with Crippen molar-refractivity contribution in [1.29, 1.82) is 0 Å². The molecule has 0 bridgehead atoms. The molecule has 0 amide bonds. The van der Waals surface area contributed by atoms with E-state index in [9.17, 15) is 9.59 Å². The molecule has 0 aliphatic heterocycles. The maximum absolute atomic E-state index is 12.2. The van der Waals surface area contributed by atoms with Crippen LogP contribution in [0.4, 0.5) is 5.69 Å². The molecule has 21 heavy (non-hydrogen) atoms. The Bertz CT molecular complexity index is 596. The van der Waals surface area contributed by atoms with Crippen molar-refractivity contribution in [2.24, 2.45) is 11.8 Å². The Kier molecular flexibility index (Phi) is 4.01. The fourth-order valence-corrected chi connectivity index (χ4v) is 3.00. The Morgan fingerprint density at radius 2 is 2.10 bits per heavy atom. The van der Waals surface area contributed by atoms with Crippen LogP contribution in [-0.4, -0.2) is 28.9 Å². The van der Waals surface area contributed by atoms with Crippen molar-refractivity contribution < 1.29 is 9.53 Å². The van der Waals surface area contributed by atoms with Gasteiger partial charge in [0.25, 0.3) is 5.56 Å². The Hall–Kier alpha value is -1.37. The van der Waals surface area contributed by atoms with Crippen molar-refractivity contribution in [3.63, 3.8) is 0 Å². The molecule has 0 aromatic carbocycles. The standard InChI is InChI=1S/C14H18BrN3O3/c1-21-11(19)7-18-14(20)12(15)10(6-16-18)17-13(8-2-3-8)9-4-5-9/h6,8-9,13,17H,2-5,7H2,1H3. The van der Waals surface area contributed by atoms with E-state index in [2.05, 4.69) is 31.1 Å². The van der Waals surface area contributed by atoms with Gasteiger partial charge >= 0.3 is 5.97 Å². The molecule has 1 aromatic heterocycles. The average molecular weight is 356 g/mol. The number of esters is 1. The molecule has 1 N–H and O–H groups in total. The second-order valence-electron chi connectivity index (χ2n) is 5.76. The first kappa shape index (κ1) is 14.6. The summed E-state index contributed by atoms with van der Waals surface area (Å²) in [5.41, 5.74) is 0.389. The van der Waals surface area contributed by atoms with Crippen molar-refractivity contribution in [3.05, 3.63) is 21.0 Å². The molecule has 7 heteroatoms. The Labute approximate surface area is 131 Å². The minimum atomic E-state index is -0.494. The van der Waals surface area contributed by atoms with Gasteiger partial charge in [-0.3, -0.25) is 9.59 Å². The summed E-state index contributed by atoms with van der Waals surface area (Å²) in [6, 6.07) is 0.443. The second-order valence-corrected chi connectivity index (χ2v) is 6.55. The van der Waals surface area contributed by atoms with Crippen LogP contribution >= 0.6 is 15.9 Å². The minimum absolute atomic E-state index is 0.178. The minimum Gasteiger partial charge on any atom is -0.468 e. The van der Waals surface area contributed by atoms with Gasteiger partial charge in [-0.25, -0.2) is 4.68 Å².